The Morgan fingerprint density at radius 2 is 1.12 bits per heavy atom. The molecular weight excluding hydrogens is 408 g/mol. The molecule has 0 radical (unpaired) electrons. The van der Waals surface area contributed by atoms with E-state index in [1.54, 1.807) is 0 Å². The van der Waals surface area contributed by atoms with Gasteiger partial charge in [0.2, 0.25) is 11.0 Å². The van der Waals surface area contributed by atoms with E-state index in [2.05, 4.69) is 92.8 Å². The quantitative estimate of drug-likeness (QED) is 0.354. The normalized spacial score (nSPS) is 16.5. The molecule has 0 saturated heterocycles. The molecule has 0 saturated carbocycles. The Bertz CT molecular complexity index is 1140. The van der Waals surface area contributed by atoms with Gasteiger partial charge in [-0.05, 0) is 31.4 Å². The Kier molecular flexibility index (Phi) is 6.68. The van der Waals surface area contributed by atoms with Crippen LogP contribution in [0, 0.1) is 0 Å². The van der Waals surface area contributed by atoms with Gasteiger partial charge >= 0.3 is 0 Å². The Labute approximate surface area is 195 Å². The second kappa shape index (κ2) is 10.2. The third kappa shape index (κ3) is 4.93. The van der Waals surface area contributed by atoms with Gasteiger partial charge in [-0.3, -0.25) is 0 Å². The number of hydrogen-bond acceptors (Lipinski definition) is 3. The van der Waals surface area contributed by atoms with Crippen LogP contribution >= 0.6 is 0 Å². The molecule has 0 spiro atoms. The minimum absolute atomic E-state index is 0.338. The third-order valence-electron chi connectivity index (χ3n) is 6.73. The highest BCUT2D eigenvalue weighted by molar-refractivity contribution is 5.89. The molecule has 4 aromatic rings. The largest absolute Gasteiger partial charge is 0.393 e. The van der Waals surface area contributed by atoms with Gasteiger partial charge in [-0.1, -0.05) is 24.3 Å². The fourth-order valence-electron chi connectivity index (χ4n) is 4.90. The number of rotatable bonds is 0. The number of nitrogens with one attached hydrogen (secondary N) is 2. The first-order valence-electron chi connectivity index (χ1n) is 12.3. The lowest BCUT2D eigenvalue weighted by molar-refractivity contribution is -0.675. The highest BCUT2D eigenvalue weighted by Crippen LogP contribution is 2.22. The maximum absolute atomic E-state index is 10.5. The predicted octanol–water partition coefficient (Wildman–Crippen LogP) is 4.42. The van der Waals surface area contributed by atoms with Gasteiger partial charge in [0.05, 0.1) is 28.3 Å². The van der Waals surface area contributed by atoms with Crippen LogP contribution < -0.4 is 19.8 Å². The minimum Gasteiger partial charge on any atom is -0.393 e. The number of aliphatic hydroxyl groups excluding tert-OH is 1. The molecule has 0 unspecified atom stereocenters. The van der Waals surface area contributed by atoms with Crippen molar-refractivity contribution in [3.63, 3.8) is 0 Å². The molecule has 0 fully saturated rings. The number of anilines is 2. The van der Waals surface area contributed by atoms with Crippen molar-refractivity contribution in [1.82, 2.24) is 0 Å². The molecule has 170 valence electrons. The summed E-state index contributed by atoms with van der Waals surface area (Å²) in [4.78, 5) is 0. The van der Waals surface area contributed by atoms with E-state index in [1.165, 1.54) is 28.2 Å². The zero-order chi connectivity index (χ0) is 22.5. The van der Waals surface area contributed by atoms with Gasteiger partial charge in [-0.25, -0.2) is 0 Å². The topological polar surface area (TPSA) is 52.1 Å². The third-order valence-corrected chi connectivity index (χ3v) is 6.73. The van der Waals surface area contributed by atoms with Crippen LogP contribution in [0.15, 0.2) is 73.1 Å². The van der Waals surface area contributed by atoms with Gasteiger partial charge in [-0.15, -0.1) is 0 Å². The Balaban J connectivity index is 1.40. The van der Waals surface area contributed by atoms with Crippen LogP contribution in [0.1, 0.15) is 32.1 Å². The molecule has 2 aromatic heterocycles. The van der Waals surface area contributed by atoms with Crippen molar-refractivity contribution in [1.29, 1.82) is 0 Å². The van der Waals surface area contributed by atoms with Crippen molar-refractivity contribution >= 4 is 33.2 Å². The van der Waals surface area contributed by atoms with Gasteiger partial charge in [0.1, 0.15) is 13.1 Å². The first kappa shape index (κ1) is 21.7. The van der Waals surface area contributed by atoms with Gasteiger partial charge < -0.3 is 15.7 Å². The summed E-state index contributed by atoms with van der Waals surface area (Å²) in [5.74, 6) is 0. The van der Waals surface area contributed by atoms with E-state index in [0.29, 0.717) is 0 Å². The van der Waals surface area contributed by atoms with Crippen LogP contribution in [0.4, 0.5) is 11.4 Å². The fraction of sp³-hybridized carbons (Fsp3) is 0.357. The van der Waals surface area contributed by atoms with E-state index >= 15 is 0 Å². The summed E-state index contributed by atoms with van der Waals surface area (Å²) < 4.78 is 4.74. The lowest BCUT2D eigenvalue weighted by Gasteiger charge is -2.15. The fourth-order valence-corrected chi connectivity index (χ4v) is 4.90. The number of para-hydroxylation sites is 2. The number of hydrogen-bond donors (Lipinski definition) is 3. The molecule has 5 heteroatoms. The number of aryl methyl sites for hydroxylation is 2. The van der Waals surface area contributed by atoms with Crippen LogP contribution in [-0.4, -0.2) is 24.3 Å². The molecule has 1 aliphatic heterocycles. The predicted molar refractivity (Wildman–Crippen MR) is 134 cm³/mol. The SMILES string of the molecule is OC1CCNc2cc[n+](c3ccccc23)CCCCC[n+]2ccc(c3ccccc32)NCC1. The molecule has 1 aliphatic rings. The van der Waals surface area contributed by atoms with Crippen molar-refractivity contribution < 1.29 is 14.2 Å². The maximum atomic E-state index is 10.5. The number of nitrogens with zero attached hydrogens (tertiary/aromatic N) is 2. The van der Waals surface area contributed by atoms with Crippen molar-refractivity contribution in [2.75, 3.05) is 23.7 Å². The highest BCUT2D eigenvalue weighted by atomic mass is 16.3. The first-order chi connectivity index (χ1) is 16.3. The molecule has 5 nitrogen and oxygen atoms in total. The Hall–Kier alpha value is -3.18. The van der Waals surface area contributed by atoms with E-state index in [-0.39, 0.29) is 6.10 Å². The lowest BCUT2D eigenvalue weighted by Crippen LogP contribution is -2.36. The second-order valence-corrected chi connectivity index (χ2v) is 9.03. The molecule has 0 atom stereocenters. The van der Waals surface area contributed by atoms with Gasteiger partial charge in [0, 0.05) is 50.2 Å². The van der Waals surface area contributed by atoms with Crippen molar-refractivity contribution in [2.24, 2.45) is 0 Å². The van der Waals surface area contributed by atoms with E-state index in [4.69, 9.17) is 0 Å². The minimum atomic E-state index is -0.338. The van der Waals surface area contributed by atoms with Crippen LogP contribution in [0.3, 0.4) is 0 Å². The summed E-state index contributed by atoms with van der Waals surface area (Å²) in [6.45, 7) is 3.55. The second-order valence-electron chi connectivity index (χ2n) is 9.03. The summed E-state index contributed by atoms with van der Waals surface area (Å²) in [6.07, 6.45) is 9.02. The highest BCUT2D eigenvalue weighted by Gasteiger charge is 2.15. The number of benzene rings is 2. The summed E-state index contributed by atoms with van der Waals surface area (Å²) >= 11 is 0. The Morgan fingerprint density at radius 1 is 0.636 bits per heavy atom. The Morgan fingerprint density at radius 3 is 1.64 bits per heavy atom. The smallest absolute Gasteiger partial charge is 0.214 e. The molecule has 5 rings (SSSR count). The first-order valence-corrected chi connectivity index (χ1v) is 12.3. The average molecular weight is 443 g/mol. The number of pyridine rings is 2. The summed E-state index contributed by atoms with van der Waals surface area (Å²) in [5.41, 5.74) is 4.81. The lowest BCUT2D eigenvalue weighted by atomic mass is 10.1. The molecule has 0 aliphatic carbocycles. The summed E-state index contributed by atoms with van der Waals surface area (Å²) in [5, 5.41) is 20.1. The molecule has 4 bridgehead atoms. The van der Waals surface area contributed by atoms with Gasteiger partial charge in [0.15, 0.2) is 12.4 Å². The van der Waals surface area contributed by atoms with Crippen LogP contribution in [0.2, 0.25) is 0 Å². The number of aromatic nitrogens is 2. The molecule has 3 heterocycles. The van der Waals surface area contributed by atoms with Crippen molar-refractivity contribution in [3.05, 3.63) is 73.1 Å². The van der Waals surface area contributed by atoms with Gasteiger partial charge in [0.25, 0.3) is 0 Å². The average Bonchev–Trinajstić information content (AvgIpc) is 2.85. The van der Waals surface area contributed by atoms with Crippen molar-refractivity contribution in [2.45, 2.75) is 51.3 Å². The van der Waals surface area contributed by atoms with E-state index in [9.17, 15) is 5.11 Å². The molecule has 33 heavy (non-hydrogen) atoms. The summed E-state index contributed by atoms with van der Waals surface area (Å²) in [7, 11) is 0. The summed E-state index contributed by atoms with van der Waals surface area (Å²) in [6, 6.07) is 21.6. The van der Waals surface area contributed by atoms with E-state index < -0.39 is 0 Å². The van der Waals surface area contributed by atoms with Crippen LogP contribution in [0.25, 0.3) is 21.8 Å². The molecule has 2 aromatic carbocycles. The van der Waals surface area contributed by atoms with Gasteiger partial charge in [-0.2, -0.15) is 9.13 Å². The monoisotopic (exact) mass is 442 g/mol. The standard InChI is InChI=1S/C28H32N4O/c33-22-12-16-29-25-14-20-31(27-10-4-2-8-23(25)27)18-6-1-7-19-32-21-15-26(30-17-13-22)24-9-3-5-11-28(24)32/h2-5,8-11,14-15,20-22,33H,1,6-7,12-13,16-19H2/p+2. The van der Waals surface area contributed by atoms with Crippen LogP contribution in [-0.2, 0) is 13.1 Å². The number of aliphatic hydroxyl groups is 1. The number of fused-ring (bicyclic) bond motifs is 12. The maximum Gasteiger partial charge on any atom is 0.214 e. The van der Waals surface area contributed by atoms with E-state index in [0.717, 1.165) is 63.2 Å². The van der Waals surface area contributed by atoms with Crippen LogP contribution in [0.5, 0.6) is 0 Å². The zero-order valence-electron chi connectivity index (χ0n) is 19.2. The molecular formula is C28H34N4O+2. The molecule has 0 amide bonds. The van der Waals surface area contributed by atoms with Crippen molar-refractivity contribution in [3.8, 4) is 0 Å². The zero-order valence-corrected chi connectivity index (χ0v) is 19.2. The molecule has 3 N–H and O–H groups in total. The van der Waals surface area contributed by atoms with E-state index in [1.807, 2.05) is 0 Å².